The highest BCUT2D eigenvalue weighted by Crippen LogP contribution is 2.10. The monoisotopic (exact) mass is 179 g/mol. The van der Waals surface area contributed by atoms with E-state index in [1.54, 1.807) is 19.2 Å². The SMILES string of the molecule is C=CCOc1cc(C)nc(NC)n1. The van der Waals surface area contributed by atoms with E-state index in [4.69, 9.17) is 4.74 Å². The van der Waals surface area contributed by atoms with Crippen molar-refractivity contribution < 1.29 is 4.74 Å². The molecule has 1 aromatic heterocycles. The molecule has 0 spiro atoms. The van der Waals surface area contributed by atoms with Gasteiger partial charge in [-0.2, -0.15) is 4.98 Å². The third-order valence-electron chi connectivity index (χ3n) is 1.40. The molecule has 0 amide bonds. The molecule has 0 aliphatic rings. The molecule has 4 nitrogen and oxygen atoms in total. The van der Waals surface area contributed by atoms with Crippen LogP contribution in [0.5, 0.6) is 5.88 Å². The van der Waals surface area contributed by atoms with E-state index in [9.17, 15) is 0 Å². The Kier molecular flexibility index (Phi) is 3.25. The number of hydrogen-bond acceptors (Lipinski definition) is 4. The molecule has 0 fully saturated rings. The number of aryl methyl sites for hydroxylation is 1. The summed E-state index contributed by atoms with van der Waals surface area (Å²) in [6.45, 7) is 5.91. The van der Waals surface area contributed by atoms with Gasteiger partial charge in [-0.15, -0.1) is 0 Å². The molecule has 1 aromatic rings. The summed E-state index contributed by atoms with van der Waals surface area (Å²) in [5.41, 5.74) is 0.874. The Bertz CT molecular complexity index is 299. The largest absolute Gasteiger partial charge is 0.473 e. The van der Waals surface area contributed by atoms with Crippen molar-refractivity contribution in [2.45, 2.75) is 6.92 Å². The number of aromatic nitrogens is 2. The molecular weight excluding hydrogens is 166 g/mol. The van der Waals surface area contributed by atoms with Crippen molar-refractivity contribution in [2.24, 2.45) is 0 Å². The minimum atomic E-state index is 0.458. The maximum atomic E-state index is 5.27. The summed E-state index contributed by atoms with van der Waals surface area (Å²) in [5.74, 6) is 1.14. The Morgan fingerprint density at radius 2 is 2.38 bits per heavy atom. The second kappa shape index (κ2) is 4.45. The summed E-state index contributed by atoms with van der Waals surface area (Å²) in [6, 6.07) is 1.78. The van der Waals surface area contributed by atoms with Gasteiger partial charge in [-0.3, -0.25) is 0 Å². The first-order valence-electron chi connectivity index (χ1n) is 4.03. The van der Waals surface area contributed by atoms with Gasteiger partial charge < -0.3 is 10.1 Å². The highest BCUT2D eigenvalue weighted by molar-refractivity contribution is 5.29. The molecule has 70 valence electrons. The van der Waals surface area contributed by atoms with Gasteiger partial charge in [-0.1, -0.05) is 12.7 Å². The van der Waals surface area contributed by atoms with Crippen molar-refractivity contribution in [2.75, 3.05) is 19.0 Å². The van der Waals surface area contributed by atoms with Gasteiger partial charge in [0.05, 0.1) is 0 Å². The second-order valence-electron chi connectivity index (χ2n) is 2.52. The fraction of sp³-hybridized carbons (Fsp3) is 0.333. The van der Waals surface area contributed by atoms with Gasteiger partial charge in [0.1, 0.15) is 6.61 Å². The third-order valence-corrected chi connectivity index (χ3v) is 1.40. The molecule has 0 bridgehead atoms. The van der Waals surface area contributed by atoms with E-state index in [0.717, 1.165) is 5.69 Å². The molecule has 0 saturated heterocycles. The first-order valence-corrected chi connectivity index (χ1v) is 4.03. The Morgan fingerprint density at radius 1 is 1.62 bits per heavy atom. The van der Waals surface area contributed by atoms with E-state index >= 15 is 0 Å². The van der Waals surface area contributed by atoms with E-state index in [2.05, 4.69) is 21.9 Å². The van der Waals surface area contributed by atoms with Crippen LogP contribution in [0.2, 0.25) is 0 Å². The van der Waals surface area contributed by atoms with Crippen LogP contribution in [0, 0.1) is 6.92 Å². The number of rotatable bonds is 4. The molecule has 0 aliphatic carbocycles. The Labute approximate surface area is 77.7 Å². The summed E-state index contributed by atoms with van der Waals surface area (Å²) in [4.78, 5) is 8.23. The predicted molar refractivity (Wildman–Crippen MR) is 52.0 cm³/mol. The first kappa shape index (κ1) is 9.51. The normalized spacial score (nSPS) is 9.38. The van der Waals surface area contributed by atoms with Crippen LogP contribution >= 0.6 is 0 Å². The van der Waals surface area contributed by atoms with Gasteiger partial charge in [-0.05, 0) is 6.92 Å². The number of nitrogens with zero attached hydrogens (tertiary/aromatic N) is 2. The van der Waals surface area contributed by atoms with Crippen molar-refractivity contribution in [1.29, 1.82) is 0 Å². The van der Waals surface area contributed by atoms with Gasteiger partial charge in [0.25, 0.3) is 0 Å². The zero-order valence-corrected chi connectivity index (χ0v) is 7.87. The predicted octanol–water partition coefficient (Wildman–Crippen LogP) is 1.39. The topological polar surface area (TPSA) is 47.0 Å². The minimum absolute atomic E-state index is 0.458. The van der Waals surface area contributed by atoms with Crippen LogP contribution < -0.4 is 10.1 Å². The number of anilines is 1. The lowest BCUT2D eigenvalue weighted by Crippen LogP contribution is -2.02. The zero-order chi connectivity index (χ0) is 9.68. The van der Waals surface area contributed by atoms with Crippen molar-refractivity contribution in [3.05, 3.63) is 24.4 Å². The molecule has 13 heavy (non-hydrogen) atoms. The minimum Gasteiger partial charge on any atom is -0.473 e. The summed E-state index contributed by atoms with van der Waals surface area (Å²) in [5, 5.41) is 2.86. The molecule has 1 N–H and O–H groups in total. The van der Waals surface area contributed by atoms with Gasteiger partial charge >= 0.3 is 0 Å². The van der Waals surface area contributed by atoms with Gasteiger partial charge in [0.2, 0.25) is 11.8 Å². The Morgan fingerprint density at radius 3 is 3.00 bits per heavy atom. The van der Waals surface area contributed by atoms with Crippen LogP contribution in [0.4, 0.5) is 5.95 Å². The summed E-state index contributed by atoms with van der Waals surface area (Å²) < 4.78 is 5.27. The molecule has 1 heterocycles. The highest BCUT2D eigenvalue weighted by Gasteiger charge is 1.99. The van der Waals surface area contributed by atoms with Crippen molar-refractivity contribution in [1.82, 2.24) is 9.97 Å². The standard InChI is InChI=1S/C9H13N3O/c1-4-5-13-8-6-7(2)11-9(10-3)12-8/h4,6H,1,5H2,2-3H3,(H,10,11,12). The van der Waals surface area contributed by atoms with Crippen LogP contribution in [-0.2, 0) is 0 Å². The van der Waals surface area contributed by atoms with Crippen LogP contribution in [-0.4, -0.2) is 23.6 Å². The number of nitrogens with one attached hydrogen (secondary N) is 1. The molecule has 0 aromatic carbocycles. The van der Waals surface area contributed by atoms with Crippen molar-refractivity contribution >= 4 is 5.95 Å². The average Bonchev–Trinajstić information content (AvgIpc) is 2.14. The summed E-state index contributed by atoms with van der Waals surface area (Å²) in [7, 11) is 1.77. The lowest BCUT2D eigenvalue weighted by molar-refractivity contribution is 0.348. The van der Waals surface area contributed by atoms with Crippen LogP contribution in [0.25, 0.3) is 0 Å². The van der Waals surface area contributed by atoms with E-state index in [0.29, 0.717) is 18.4 Å². The lowest BCUT2D eigenvalue weighted by atomic mass is 10.4. The molecule has 4 heteroatoms. The van der Waals surface area contributed by atoms with E-state index in [-0.39, 0.29) is 0 Å². The maximum absolute atomic E-state index is 5.27. The molecule has 0 radical (unpaired) electrons. The average molecular weight is 179 g/mol. The van der Waals surface area contributed by atoms with Gasteiger partial charge in [-0.25, -0.2) is 4.98 Å². The fourth-order valence-electron chi connectivity index (χ4n) is 0.870. The van der Waals surface area contributed by atoms with Crippen LogP contribution in [0.15, 0.2) is 18.7 Å². The lowest BCUT2D eigenvalue weighted by Gasteiger charge is -2.05. The van der Waals surface area contributed by atoms with Gasteiger partial charge in [0.15, 0.2) is 0 Å². The molecule has 0 unspecified atom stereocenters. The fourth-order valence-corrected chi connectivity index (χ4v) is 0.870. The van der Waals surface area contributed by atoms with E-state index in [1.165, 1.54) is 0 Å². The molecule has 0 atom stereocenters. The number of hydrogen-bond donors (Lipinski definition) is 1. The zero-order valence-electron chi connectivity index (χ0n) is 7.87. The van der Waals surface area contributed by atoms with E-state index in [1.807, 2.05) is 6.92 Å². The third kappa shape index (κ3) is 2.74. The smallest absolute Gasteiger partial charge is 0.225 e. The number of ether oxygens (including phenoxy) is 1. The van der Waals surface area contributed by atoms with Crippen LogP contribution in [0.3, 0.4) is 0 Å². The summed E-state index contributed by atoms with van der Waals surface area (Å²) >= 11 is 0. The van der Waals surface area contributed by atoms with E-state index < -0.39 is 0 Å². The maximum Gasteiger partial charge on any atom is 0.225 e. The first-order chi connectivity index (χ1) is 6.26. The molecule has 1 rings (SSSR count). The Balaban J connectivity index is 2.81. The van der Waals surface area contributed by atoms with Crippen molar-refractivity contribution in [3.63, 3.8) is 0 Å². The van der Waals surface area contributed by atoms with Crippen molar-refractivity contribution in [3.8, 4) is 5.88 Å². The molecular formula is C9H13N3O. The highest BCUT2D eigenvalue weighted by atomic mass is 16.5. The van der Waals surface area contributed by atoms with Gasteiger partial charge in [0, 0.05) is 18.8 Å². The quantitative estimate of drug-likeness (QED) is 0.709. The molecule has 0 saturated carbocycles. The second-order valence-corrected chi connectivity index (χ2v) is 2.52. The molecule has 0 aliphatic heterocycles. The Hall–Kier alpha value is -1.58. The summed E-state index contributed by atoms with van der Waals surface area (Å²) in [6.07, 6.45) is 1.68. The van der Waals surface area contributed by atoms with Crippen LogP contribution in [0.1, 0.15) is 5.69 Å².